The summed E-state index contributed by atoms with van der Waals surface area (Å²) in [5.41, 5.74) is 6.35. The van der Waals surface area contributed by atoms with E-state index in [1.165, 1.54) is 11.3 Å². The quantitative estimate of drug-likeness (QED) is 0.899. The summed E-state index contributed by atoms with van der Waals surface area (Å²) in [6.45, 7) is 0.344. The van der Waals surface area contributed by atoms with Gasteiger partial charge in [-0.1, -0.05) is 6.07 Å². The minimum absolute atomic E-state index is 0.344. The van der Waals surface area contributed by atoms with E-state index in [1.807, 2.05) is 23.6 Å². The molecule has 18 heavy (non-hydrogen) atoms. The SMILES string of the molecule is COc1cccc(OCc2csc(N)n2)c1OC. The van der Waals surface area contributed by atoms with E-state index in [0.717, 1.165) is 5.69 Å². The molecule has 1 heterocycles. The van der Waals surface area contributed by atoms with Gasteiger partial charge in [-0.15, -0.1) is 11.3 Å². The number of hydrogen-bond acceptors (Lipinski definition) is 6. The lowest BCUT2D eigenvalue weighted by Gasteiger charge is -2.12. The molecule has 1 aromatic heterocycles. The highest BCUT2D eigenvalue weighted by atomic mass is 32.1. The molecule has 0 bridgehead atoms. The normalized spacial score (nSPS) is 10.1. The second-order valence-electron chi connectivity index (χ2n) is 3.46. The molecular formula is C12H14N2O3S. The van der Waals surface area contributed by atoms with E-state index in [2.05, 4.69) is 4.98 Å². The number of thiazole rings is 1. The van der Waals surface area contributed by atoms with Crippen molar-refractivity contribution >= 4 is 16.5 Å². The Morgan fingerprint density at radius 1 is 1.22 bits per heavy atom. The van der Waals surface area contributed by atoms with Crippen LogP contribution < -0.4 is 19.9 Å². The van der Waals surface area contributed by atoms with Gasteiger partial charge in [0.25, 0.3) is 0 Å². The number of nitrogens with zero attached hydrogens (tertiary/aromatic N) is 1. The zero-order valence-electron chi connectivity index (χ0n) is 10.2. The van der Waals surface area contributed by atoms with Crippen LogP contribution in [-0.2, 0) is 6.61 Å². The summed E-state index contributed by atoms with van der Waals surface area (Å²) in [5.74, 6) is 1.82. The number of rotatable bonds is 5. The fourth-order valence-electron chi connectivity index (χ4n) is 1.51. The monoisotopic (exact) mass is 266 g/mol. The summed E-state index contributed by atoms with van der Waals surface area (Å²) < 4.78 is 16.1. The maximum Gasteiger partial charge on any atom is 0.203 e. The molecule has 0 aliphatic carbocycles. The fraction of sp³-hybridized carbons (Fsp3) is 0.250. The van der Waals surface area contributed by atoms with E-state index in [-0.39, 0.29) is 0 Å². The smallest absolute Gasteiger partial charge is 0.203 e. The van der Waals surface area contributed by atoms with Gasteiger partial charge in [0, 0.05) is 5.38 Å². The molecule has 0 atom stereocenters. The van der Waals surface area contributed by atoms with E-state index < -0.39 is 0 Å². The number of methoxy groups -OCH3 is 2. The topological polar surface area (TPSA) is 66.6 Å². The second-order valence-corrected chi connectivity index (χ2v) is 4.35. The van der Waals surface area contributed by atoms with Gasteiger partial charge in [0.15, 0.2) is 16.6 Å². The summed E-state index contributed by atoms with van der Waals surface area (Å²) in [5, 5.41) is 2.40. The molecule has 0 fully saturated rings. The lowest BCUT2D eigenvalue weighted by atomic mass is 10.3. The van der Waals surface area contributed by atoms with E-state index in [0.29, 0.717) is 29.0 Å². The molecule has 0 unspecified atom stereocenters. The van der Waals surface area contributed by atoms with Crippen LogP contribution >= 0.6 is 11.3 Å². The maximum absolute atomic E-state index is 5.65. The Hall–Kier alpha value is -1.95. The van der Waals surface area contributed by atoms with Crippen LogP contribution in [0, 0.1) is 0 Å². The van der Waals surface area contributed by atoms with Crippen molar-refractivity contribution in [3.63, 3.8) is 0 Å². The average Bonchev–Trinajstić information content (AvgIpc) is 2.81. The highest BCUT2D eigenvalue weighted by Crippen LogP contribution is 2.36. The van der Waals surface area contributed by atoms with E-state index in [1.54, 1.807) is 14.2 Å². The minimum atomic E-state index is 0.344. The molecule has 0 aliphatic heterocycles. The number of nitrogen functional groups attached to an aromatic ring is 1. The molecule has 1 aromatic carbocycles. The van der Waals surface area contributed by atoms with Crippen LogP contribution in [0.5, 0.6) is 17.2 Å². The highest BCUT2D eigenvalue weighted by molar-refractivity contribution is 7.13. The van der Waals surface area contributed by atoms with Crippen LogP contribution in [0.15, 0.2) is 23.6 Å². The Morgan fingerprint density at radius 2 is 2.00 bits per heavy atom. The van der Waals surface area contributed by atoms with Crippen molar-refractivity contribution in [2.24, 2.45) is 0 Å². The van der Waals surface area contributed by atoms with Gasteiger partial charge < -0.3 is 19.9 Å². The number of hydrogen-bond donors (Lipinski definition) is 1. The summed E-state index contributed by atoms with van der Waals surface area (Å²) in [4.78, 5) is 4.12. The molecule has 0 amide bonds. The summed E-state index contributed by atoms with van der Waals surface area (Å²) in [7, 11) is 3.16. The average molecular weight is 266 g/mol. The minimum Gasteiger partial charge on any atom is -0.493 e. The number of ether oxygens (including phenoxy) is 3. The van der Waals surface area contributed by atoms with Gasteiger partial charge in [-0.2, -0.15) is 0 Å². The van der Waals surface area contributed by atoms with E-state index in [9.17, 15) is 0 Å². The molecule has 2 aromatic rings. The summed E-state index contributed by atoms with van der Waals surface area (Å²) in [6.07, 6.45) is 0. The number of aromatic nitrogens is 1. The first-order chi connectivity index (χ1) is 8.74. The number of anilines is 1. The highest BCUT2D eigenvalue weighted by Gasteiger charge is 2.11. The van der Waals surface area contributed by atoms with Crippen molar-refractivity contribution < 1.29 is 14.2 Å². The molecular weight excluding hydrogens is 252 g/mol. The number of para-hydroxylation sites is 1. The van der Waals surface area contributed by atoms with Crippen molar-refractivity contribution in [1.82, 2.24) is 4.98 Å². The van der Waals surface area contributed by atoms with Crippen molar-refractivity contribution in [2.45, 2.75) is 6.61 Å². The first-order valence-corrected chi connectivity index (χ1v) is 6.16. The molecule has 6 heteroatoms. The predicted molar refractivity (Wildman–Crippen MR) is 70.4 cm³/mol. The van der Waals surface area contributed by atoms with Crippen molar-refractivity contribution in [2.75, 3.05) is 20.0 Å². The Morgan fingerprint density at radius 3 is 2.61 bits per heavy atom. The largest absolute Gasteiger partial charge is 0.493 e. The Kier molecular flexibility index (Phi) is 3.88. The van der Waals surface area contributed by atoms with Gasteiger partial charge in [0.2, 0.25) is 5.75 Å². The lowest BCUT2D eigenvalue weighted by Crippen LogP contribution is -1.99. The number of benzene rings is 1. The molecule has 2 rings (SSSR count). The third-order valence-corrected chi connectivity index (χ3v) is 3.03. The molecule has 96 valence electrons. The molecule has 2 N–H and O–H groups in total. The molecule has 5 nitrogen and oxygen atoms in total. The lowest BCUT2D eigenvalue weighted by molar-refractivity contribution is 0.273. The van der Waals surface area contributed by atoms with Crippen molar-refractivity contribution in [1.29, 1.82) is 0 Å². The Bertz CT molecular complexity index is 528. The predicted octanol–water partition coefficient (Wildman–Crippen LogP) is 2.32. The van der Waals surface area contributed by atoms with Crippen LogP contribution in [-0.4, -0.2) is 19.2 Å². The summed E-state index contributed by atoms with van der Waals surface area (Å²) in [6, 6.07) is 5.47. The van der Waals surface area contributed by atoms with Gasteiger partial charge >= 0.3 is 0 Å². The first-order valence-electron chi connectivity index (χ1n) is 5.28. The standard InChI is InChI=1S/C12H14N2O3S/c1-15-9-4-3-5-10(11(9)16-2)17-6-8-7-18-12(13)14-8/h3-5,7H,6H2,1-2H3,(H2,13,14). The molecule has 0 saturated carbocycles. The van der Waals surface area contributed by atoms with Gasteiger partial charge in [-0.25, -0.2) is 4.98 Å². The molecule has 0 radical (unpaired) electrons. The van der Waals surface area contributed by atoms with Crippen LogP contribution in [0.25, 0.3) is 0 Å². The zero-order valence-corrected chi connectivity index (χ0v) is 11.0. The zero-order chi connectivity index (χ0) is 13.0. The van der Waals surface area contributed by atoms with Crippen molar-refractivity contribution in [3.05, 3.63) is 29.3 Å². The molecule has 0 aliphatic rings. The first kappa shape index (κ1) is 12.5. The third-order valence-electron chi connectivity index (χ3n) is 2.31. The van der Waals surface area contributed by atoms with Gasteiger partial charge in [-0.3, -0.25) is 0 Å². The van der Waals surface area contributed by atoms with Crippen molar-refractivity contribution in [3.8, 4) is 17.2 Å². The fourth-order valence-corrected chi connectivity index (χ4v) is 2.06. The van der Waals surface area contributed by atoms with Crippen LogP contribution in [0.1, 0.15) is 5.69 Å². The second kappa shape index (κ2) is 5.59. The molecule has 0 spiro atoms. The van der Waals surface area contributed by atoms with Gasteiger partial charge in [-0.05, 0) is 12.1 Å². The number of nitrogens with two attached hydrogens (primary N) is 1. The Balaban J connectivity index is 2.13. The Labute approximate surface area is 109 Å². The maximum atomic E-state index is 5.65. The third kappa shape index (κ3) is 2.65. The van der Waals surface area contributed by atoms with Gasteiger partial charge in [0.05, 0.1) is 19.9 Å². The van der Waals surface area contributed by atoms with Crippen LogP contribution in [0.4, 0.5) is 5.13 Å². The van der Waals surface area contributed by atoms with Crippen LogP contribution in [0.2, 0.25) is 0 Å². The molecule has 0 saturated heterocycles. The van der Waals surface area contributed by atoms with Crippen LogP contribution in [0.3, 0.4) is 0 Å². The van der Waals surface area contributed by atoms with E-state index >= 15 is 0 Å². The summed E-state index contributed by atoms with van der Waals surface area (Å²) >= 11 is 1.39. The van der Waals surface area contributed by atoms with E-state index in [4.69, 9.17) is 19.9 Å². The van der Waals surface area contributed by atoms with Gasteiger partial charge in [0.1, 0.15) is 6.61 Å².